The lowest BCUT2D eigenvalue weighted by molar-refractivity contribution is 0.112. The van der Waals surface area contributed by atoms with Crippen LogP contribution in [0.25, 0.3) is 22.0 Å². The summed E-state index contributed by atoms with van der Waals surface area (Å²) in [7, 11) is 0. The Morgan fingerprint density at radius 3 is 2.67 bits per heavy atom. The molecule has 0 unspecified atom stereocenters. The Kier molecular flexibility index (Phi) is 2.34. The molecule has 3 rings (SSSR count). The summed E-state index contributed by atoms with van der Waals surface area (Å²) in [6, 6.07) is 14.0. The van der Waals surface area contributed by atoms with Gasteiger partial charge in [0.15, 0.2) is 12.1 Å². The van der Waals surface area contributed by atoms with Crippen LogP contribution in [0.15, 0.2) is 42.5 Å². The number of benzene rings is 2. The molecule has 0 fully saturated rings. The van der Waals surface area contributed by atoms with Gasteiger partial charge < -0.3 is 5.73 Å². The summed E-state index contributed by atoms with van der Waals surface area (Å²) >= 11 is 0. The normalized spacial score (nSPS) is 10.7. The number of hydrogen-bond donors (Lipinski definition) is 2. The average Bonchev–Trinajstić information content (AvgIpc) is 2.79. The van der Waals surface area contributed by atoms with Crippen LogP contribution in [0.4, 0.5) is 5.82 Å². The number of aromatic nitrogens is 2. The van der Waals surface area contributed by atoms with Crippen LogP contribution in [-0.4, -0.2) is 16.5 Å². The molecular weight excluding hydrogens is 226 g/mol. The Hall–Kier alpha value is -2.62. The molecule has 1 aromatic heterocycles. The highest BCUT2D eigenvalue weighted by atomic mass is 16.1. The van der Waals surface area contributed by atoms with E-state index in [1.54, 1.807) is 0 Å². The van der Waals surface area contributed by atoms with Gasteiger partial charge in [-0.2, -0.15) is 5.10 Å². The van der Waals surface area contributed by atoms with Crippen LogP contribution >= 0.6 is 0 Å². The molecule has 0 aliphatic rings. The minimum atomic E-state index is 0.230. The SMILES string of the molecule is Nc1n[nH]c(-c2ccc3ccccc3c2)c1C=O. The van der Waals surface area contributed by atoms with Gasteiger partial charge in [0.25, 0.3) is 0 Å². The Morgan fingerprint density at radius 2 is 1.89 bits per heavy atom. The molecule has 0 aliphatic carbocycles. The molecule has 0 saturated heterocycles. The Morgan fingerprint density at radius 1 is 1.11 bits per heavy atom. The van der Waals surface area contributed by atoms with Gasteiger partial charge >= 0.3 is 0 Å². The Labute approximate surface area is 103 Å². The van der Waals surface area contributed by atoms with E-state index < -0.39 is 0 Å². The maximum absolute atomic E-state index is 11.0. The summed E-state index contributed by atoms with van der Waals surface area (Å²) in [5.41, 5.74) is 7.60. The van der Waals surface area contributed by atoms with Crippen molar-refractivity contribution in [2.24, 2.45) is 0 Å². The van der Waals surface area contributed by atoms with E-state index in [0.29, 0.717) is 11.3 Å². The maximum atomic E-state index is 11.0. The first-order valence-electron chi connectivity index (χ1n) is 5.58. The standard InChI is InChI=1S/C14H11N3O/c15-14-12(8-18)13(16-17-14)11-6-5-9-3-1-2-4-10(9)7-11/h1-8H,(H3,15,16,17). The lowest BCUT2D eigenvalue weighted by Crippen LogP contribution is -1.90. The number of carbonyl (C=O) groups excluding carboxylic acids is 1. The van der Waals surface area contributed by atoms with Crippen LogP contribution in [-0.2, 0) is 0 Å². The van der Waals surface area contributed by atoms with Crippen LogP contribution in [0, 0.1) is 0 Å². The van der Waals surface area contributed by atoms with E-state index in [9.17, 15) is 4.79 Å². The van der Waals surface area contributed by atoms with Crippen molar-refractivity contribution in [3.05, 3.63) is 48.0 Å². The van der Waals surface area contributed by atoms with Gasteiger partial charge in [-0.25, -0.2) is 0 Å². The van der Waals surface area contributed by atoms with E-state index in [4.69, 9.17) is 5.73 Å². The van der Waals surface area contributed by atoms with Gasteiger partial charge in [-0.15, -0.1) is 0 Å². The smallest absolute Gasteiger partial charge is 0.156 e. The number of fused-ring (bicyclic) bond motifs is 1. The van der Waals surface area contributed by atoms with Crippen LogP contribution in [0.3, 0.4) is 0 Å². The molecule has 0 saturated carbocycles. The third-order valence-corrected chi connectivity index (χ3v) is 2.99. The summed E-state index contributed by atoms with van der Waals surface area (Å²) in [5, 5.41) is 8.93. The molecule has 0 spiro atoms. The van der Waals surface area contributed by atoms with Gasteiger partial charge in [-0.05, 0) is 16.8 Å². The first-order chi connectivity index (χ1) is 8.79. The molecule has 0 bridgehead atoms. The molecule has 4 nitrogen and oxygen atoms in total. The van der Waals surface area contributed by atoms with Gasteiger partial charge in [-0.1, -0.05) is 36.4 Å². The largest absolute Gasteiger partial charge is 0.382 e. The summed E-state index contributed by atoms with van der Waals surface area (Å²) in [5.74, 6) is 0.230. The predicted octanol–water partition coefficient (Wildman–Crippen LogP) is 2.62. The molecular formula is C14H11N3O. The number of aldehydes is 1. The zero-order chi connectivity index (χ0) is 12.5. The second-order valence-corrected chi connectivity index (χ2v) is 4.08. The number of anilines is 1. The zero-order valence-electron chi connectivity index (χ0n) is 9.55. The predicted molar refractivity (Wildman–Crippen MR) is 71.3 cm³/mol. The zero-order valence-corrected chi connectivity index (χ0v) is 9.55. The van der Waals surface area contributed by atoms with E-state index in [1.165, 1.54) is 0 Å². The van der Waals surface area contributed by atoms with Crippen molar-refractivity contribution in [3.8, 4) is 11.3 Å². The third kappa shape index (κ3) is 1.55. The minimum Gasteiger partial charge on any atom is -0.382 e. The van der Waals surface area contributed by atoms with Crippen LogP contribution in [0.2, 0.25) is 0 Å². The highest BCUT2D eigenvalue weighted by Gasteiger charge is 2.11. The monoisotopic (exact) mass is 237 g/mol. The van der Waals surface area contributed by atoms with E-state index >= 15 is 0 Å². The van der Waals surface area contributed by atoms with Crippen molar-refractivity contribution in [2.45, 2.75) is 0 Å². The van der Waals surface area contributed by atoms with E-state index in [0.717, 1.165) is 22.6 Å². The average molecular weight is 237 g/mol. The fourth-order valence-corrected chi connectivity index (χ4v) is 2.05. The molecule has 18 heavy (non-hydrogen) atoms. The Balaban J connectivity index is 2.22. The molecule has 88 valence electrons. The van der Waals surface area contributed by atoms with Gasteiger partial charge in [-0.3, -0.25) is 9.89 Å². The highest BCUT2D eigenvalue weighted by molar-refractivity contribution is 5.94. The quantitative estimate of drug-likeness (QED) is 0.673. The van der Waals surface area contributed by atoms with Crippen molar-refractivity contribution < 1.29 is 4.79 Å². The molecule has 0 atom stereocenters. The fraction of sp³-hybridized carbons (Fsp3) is 0. The fourth-order valence-electron chi connectivity index (χ4n) is 2.05. The van der Waals surface area contributed by atoms with Gasteiger partial charge in [0.1, 0.15) is 0 Å². The number of nitrogens with one attached hydrogen (secondary N) is 1. The van der Waals surface area contributed by atoms with E-state index in [-0.39, 0.29) is 5.82 Å². The van der Waals surface area contributed by atoms with Crippen LogP contribution < -0.4 is 5.73 Å². The molecule has 0 aliphatic heterocycles. The minimum absolute atomic E-state index is 0.230. The number of aromatic amines is 1. The maximum Gasteiger partial charge on any atom is 0.156 e. The van der Waals surface area contributed by atoms with Gasteiger partial charge in [0.2, 0.25) is 0 Å². The lowest BCUT2D eigenvalue weighted by atomic mass is 10.0. The number of nitrogen functional groups attached to an aromatic ring is 1. The van der Waals surface area contributed by atoms with Crippen molar-refractivity contribution in [3.63, 3.8) is 0 Å². The second-order valence-electron chi connectivity index (χ2n) is 4.08. The lowest BCUT2D eigenvalue weighted by Gasteiger charge is -2.02. The number of nitrogens with two attached hydrogens (primary N) is 1. The van der Waals surface area contributed by atoms with Crippen LogP contribution in [0.5, 0.6) is 0 Å². The summed E-state index contributed by atoms with van der Waals surface area (Å²) in [6.07, 6.45) is 0.726. The van der Waals surface area contributed by atoms with Crippen molar-refractivity contribution in [2.75, 3.05) is 5.73 Å². The summed E-state index contributed by atoms with van der Waals surface area (Å²) in [6.45, 7) is 0. The first-order valence-corrected chi connectivity index (χ1v) is 5.58. The van der Waals surface area contributed by atoms with Crippen molar-refractivity contribution in [1.29, 1.82) is 0 Å². The number of hydrogen-bond acceptors (Lipinski definition) is 3. The molecule has 4 heteroatoms. The number of carbonyl (C=O) groups is 1. The first kappa shape index (κ1) is 10.5. The molecule has 2 aromatic carbocycles. The molecule has 0 amide bonds. The molecule has 3 N–H and O–H groups in total. The van der Waals surface area contributed by atoms with E-state index in [1.807, 2.05) is 42.5 Å². The number of nitrogens with zero attached hydrogens (tertiary/aromatic N) is 1. The summed E-state index contributed by atoms with van der Waals surface area (Å²) < 4.78 is 0. The number of H-pyrrole nitrogens is 1. The summed E-state index contributed by atoms with van der Waals surface area (Å²) in [4.78, 5) is 11.0. The van der Waals surface area contributed by atoms with E-state index in [2.05, 4.69) is 10.2 Å². The van der Waals surface area contributed by atoms with Crippen LogP contribution in [0.1, 0.15) is 10.4 Å². The van der Waals surface area contributed by atoms with Crippen molar-refractivity contribution in [1.82, 2.24) is 10.2 Å². The van der Waals surface area contributed by atoms with Crippen molar-refractivity contribution >= 4 is 22.9 Å². The molecule has 3 aromatic rings. The topological polar surface area (TPSA) is 71.8 Å². The number of rotatable bonds is 2. The third-order valence-electron chi connectivity index (χ3n) is 2.99. The molecule has 0 radical (unpaired) electrons. The van der Waals surface area contributed by atoms with Gasteiger partial charge in [0.05, 0.1) is 11.3 Å². The Bertz CT molecular complexity index is 731. The second kappa shape index (κ2) is 4.00. The van der Waals surface area contributed by atoms with Gasteiger partial charge in [0, 0.05) is 5.56 Å². The molecule has 1 heterocycles. The highest BCUT2D eigenvalue weighted by Crippen LogP contribution is 2.26.